The first kappa shape index (κ1) is 22.7. The molecule has 0 saturated carbocycles. The van der Waals surface area contributed by atoms with Gasteiger partial charge in [-0.25, -0.2) is 8.42 Å². The lowest BCUT2D eigenvalue weighted by Gasteiger charge is -2.30. The molecule has 1 fully saturated rings. The van der Waals surface area contributed by atoms with Crippen LogP contribution in [-0.4, -0.2) is 47.8 Å². The predicted molar refractivity (Wildman–Crippen MR) is 123 cm³/mol. The second kappa shape index (κ2) is 8.95. The van der Waals surface area contributed by atoms with Crippen molar-refractivity contribution >= 4 is 39.4 Å². The van der Waals surface area contributed by atoms with E-state index >= 15 is 0 Å². The molecule has 1 aromatic heterocycles. The van der Waals surface area contributed by atoms with Crippen LogP contribution in [0.1, 0.15) is 41.1 Å². The van der Waals surface area contributed by atoms with Gasteiger partial charge in [0, 0.05) is 24.9 Å². The van der Waals surface area contributed by atoms with Crippen molar-refractivity contribution in [3.63, 3.8) is 0 Å². The molecule has 0 unspecified atom stereocenters. The number of hydrogen-bond donors (Lipinski definition) is 1. The van der Waals surface area contributed by atoms with Crippen molar-refractivity contribution in [1.29, 1.82) is 0 Å². The molecule has 11 nitrogen and oxygen atoms in total. The Kier molecular flexibility index (Phi) is 5.81. The summed E-state index contributed by atoms with van der Waals surface area (Å²) < 4.78 is 33.2. The number of benzene rings is 2. The highest BCUT2D eigenvalue weighted by Gasteiger charge is 2.31. The molecule has 35 heavy (non-hydrogen) atoms. The van der Waals surface area contributed by atoms with Gasteiger partial charge in [-0.1, -0.05) is 23.3 Å². The molecular formula is C23H21N5O6S. The van der Waals surface area contributed by atoms with Crippen LogP contribution in [0, 0.1) is 0 Å². The van der Waals surface area contributed by atoms with Gasteiger partial charge in [0.2, 0.25) is 17.7 Å². The minimum atomic E-state index is -3.79. The minimum absolute atomic E-state index is 0.00662. The van der Waals surface area contributed by atoms with Crippen LogP contribution < -0.4 is 9.62 Å². The Morgan fingerprint density at radius 3 is 2.43 bits per heavy atom. The van der Waals surface area contributed by atoms with Crippen LogP contribution in [0.5, 0.6) is 0 Å². The third-order valence-electron chi connectivity index (χ3n) is 5.91. The number of imide groups is 1. The molecule has 3 aromatic rings. The van der Waals surface area contributed by atoms with Crippen molar-refractivity contribution < 1.29 is 27.2 Å². The minimum Gasteiger partial charge on any atom is -0.406 e. The summed E-state index contributed by atoms with van der Waals surface area (Å²) in [4.78, 5) is 37.1. The topological polar surface area (TPSA) is 143 Å². The van der Waals surface area contributed by atoms with Crippen LogP contribution in [-0.2, 0) is 32.6 Å². The summed E-state index contributed by atoms with van der Waals surface area (Å²) in [5, 5.41) is 9.90. The van der Waals surface area contributed by atoms with E-state index in [9.17, 15) is 22.8 Å². The first-order valence-corrected chi connectivity index (χ1v) is 12.4. The van der Waals surface area contributed by atoms with E-state index in [0.29, 0.717) is 12.2 Å². The van der Waals surface area contributed by atoms with Crippen molar-refractivity contribution in [2.24, 2.45) is 0 Å². The average molecular weight is 496 g/mol. The Balaban J connectivity index is 1.27. The number of para-hydroxylation sites is 1. The van der Waals surface area contributed by atoms with Crippen molar-refractivity contribution in [3.8, 4) is 0 Å². The molecule has 1 saturated heterocycles. The number of amides is 3. The van der Waals surface area contributed by atoms with Gasteiger partial charge in [0.15, 0.2) is 0 Å². The summed E-state index contributed by atoms with van der Waals surface area (Å²) in [5.41, 5.74) is 1.84. The van der Waals surface area contributed by atoms with Crippen molar-refractivity contribution in [2.75, 3.05) is 16.2 Å². The maximum Gasteiger partial charge on any atom is 0.322 e. The number of hydrogen-bond acceptors (Lipinski definition) is 8. The fourth-order valence-corrected chi connectivity index (χ4v) is 5.67. The monoisotopic (exact) mass is 495 g/mol. The van der Waals surface area contributed by atoms with E-state index < -0.39 is 15.9 Å². The Bertz CT molecular complexity index is 1400. The normalized spacial score (nSPS) is 15.9. The predicted octanol–water partition coefficient (Wildman–Crippen LogP) is 2.11. The van der Waals surface area contributed by atoms with Gasteiger partial charge in [-0.05, 0) is 48.7 Å². The third-order valence-corrected chi connectivity index (χ3v) is 7.74. The van der Waals surface area contributed by atoms with E-state index in [1.54, 1.807) is 6.07 Å². The fourth-order valence-electron chi connectivity index (χ4n) is 4.13. The zero-order chi connectivity index (χ0) is 24.6. The van der Waals surface area contributed by atoms with Gasteiger partial charge in [-0.3, -0.25) is 28.9 Å². The molecule has 12 heteroatoms. The summed E-state index contributed by atoms with van der Waals surface area (Å²) in [6.07, 6.45) is 1.84. The van der Waals surface area contributed by atoms with E-state index in [0.717, 1.165) is 23.3 Å². The average Bonchev–Trinajstić information content (AvgIpc) is 3.44. The number of aromatic nitrogens is 2. The SMILES string of the molecule is O=C(Nc1nnc(CN2C(=O)CCC2=O)o1)c1ccc(S(=O)(=O)N2CCCc3ccccc32)cc1. The molecule has 5 rings (SSSR count). The summed E-state index contributed by atoms with van der Waals surface area (Å²) in [6, 6.07) is 12.8. The quantitative estimate of drug-likeness (QED) is 0.512. The number of likely N-dealkylation sites (tertiary alicyclic amines) is 1. The van der Waals surface area contributed by atoms with Crippen LogP contribution in [0.15, 0.2) is 57.8 Å². The van der Waals surface area contributed by atoms with Gasteiger partial charge in [0.1, 0.15) is 6.54 Å². The van der Waals surface area contributed by atoms with Gasteiger partial charge >= 0.3 is 6.01 Å². The molecule has 1 N–H and O–H groups in total. The number of carbonyl (C=O) groups excluding carboxylic acids is 3. The molecule has 2 aromatic carbocycles. The van der Waals surface area contributed by atoms with E-state index in [4.69, 9.17) is 4.42 Å². The summed E-state index contributed by atoms with van der Waals surface area (Å²) in [5.74, 6) is -1.21. The lowest BCUT2D eigenvalue weighted by atomic mass is 10.0. The Morgan fingerprint density at radius 2 is 1.69 bits per heavy atom. The number of fused-ring (bicyclic) bond motifs is 1. The number of anilines is 2. The third kappa shape index (κ3) is 4.39. The molecule has 2 aliphatic rings. The van der Waals surface area contributed by atoms with Crippen molar-refractivity contribution in [3.05, 3.63) is 65.5 Å². The van der Waals surface area contributed by atoms with Gasteiger partial charge in [-0.2, -0.15) is 0 Å². The second-order valence-corrected chi connectivity index (χ2v) is 10.0. The molecule has 2 aliphatic heterocycles. The van der Waals surface area contributed by atoms with E-state index in [2.05, 4.69) is 15.5 Å². The van der Waals surface area contributed by atoms with Gasteiger partial charge < -0.3 is 4.42 Å². The largest absolute Gasteiger partial charge is 0.406 e. The number of rotatable bonds is 6. The van der Waals surface area contributed by atoms with E-state index in [1.807, 2.05) is 18.2 Å². The first-order valence-electron chi connectivity index (χ1n) is 11.0. The van der Waals surface area contributed by atoms with Crippen LogP contribution >= 0.6 is 0 Å². The van der Waals surface area contributed by atoms with Gasteiger partial charge in [0.05, 0.1) is 10.6 Å². The first-order chi connectivity index (χ1) is 16.8. The molecule has 3 amide bonds. The number of sulfonamides is 1. The highest BCUT2D eigenvalue weighted by Crippen LogP contribution is 2.31. The molecule has 0 aliphatic carbocycles. The molecule has 0 atom stereocenters. The maximum absolute atomic E-state index is 13.3. The lowest BCUT2D eigenvalue weighted by molar-refractivity contribution is -0.139. The highest BCUT2D eigenvalue weighted by molar-refractivity contribution is 7.92. The zero-order valence-electron chi connectivity index (χ0n) is 18.5. The second-order valence-electron chi connectivity index (χ2n) is 8.16. The van der Waals surface area contributed by atoms with Crippen LogP contribution in [0.4, 0.5) is 11.7 Å². The van der Waals surface area contributed by atoms with Crippen LogP contribution in [0.3, 0.4) is 0 Å². The van der Waals surface area contributed by atoms with E-state index in [-0.39, 0.29) is 53.6 Å². The molecule has 3 heterocycles. The van der Waals surface area contributed by atoms with Crippen molar-refractivity contribution in [2.45, 2.75) is 37.1 Å². The Hall–Kier alpha value is -4.06. The Morgan fingerprint density at radius 1 is 0.971 bits per heavy atom. The number of nitrogens with one attached hydrogen (secondary N) is 1. The number of carbonyl (C=O) groups is 3. The highest BCUT2D eigenvalue weighted by atomic mass is 32.2. The Labute approximate surface area is 200 Å². The smallest absolute Gasteiger partial charge is 0.322 e. The van der Waals surface area contributed by atoms with Gasteiger partial charge in [0.25, 0.3) is 15.9 Å². The summed E-state index contributed by atoms with van der Waals surface area (Å²) in [6.45, 7) is 0.225. The maximum atomic E-state index is 13.3. The number of aryl methyl sites for hydroxylation is 1. The molecular weight excluding hydrogens is 474 g/mol. The van der Waals surface area contributed by atoms with Crippen LogP contribution in [0.2, 0.25) is 0 Å². The zero-order valence-corrected chi connectivity index (χ0v) is 19.3. The van der Waals surface area contributed by atoms with E-state index in [1.165, 1.54) is 28.6 Å². The van der Waals surface area contributed by atoms with Crippen LogP contribution in [0.25, 0.3) is 0 Å². The summed E-state index contributed by atoms with van der Waals surface area (Å²) in [7, 11) is -3.79. The van der Waals surface area contributed by atoms with Crippen molar-refractivity contribution in [1.82, 2.24) is 15.1 Å². The molecule has 0 spiro atoms. The number of nitrogens with zero attached hydrogens (tertiary/aromatic N) is 4. The molecule has 0 radical (unpaired) electrons. The van der Waals surface area contributed by atoms with Gasteiger partial charge in [-0.15, -0.1) is 5.10 Å². The standard InChI is InChI=1S/C23H21N5O6S/c29-20-11-12-21(30)27(20)14-19-25-26-23(34-19)24-22(31)16-7-9-17(10-8-16)35(32,33)28-13-3-5-15-4-1-2-6-18(15)28/h1-2,4,6-10H,3,5,11-14H2,(H,24,26,31). The molecule has 0 bridgehead atoms. The fraction of sp³-hybridized carbons (Fsp3) is 0.261. The summed E-state index contributed by atoms with van der Waals surface area (Å²) >= 11 is 0. The lowest BCUT2D eigenvalue weighted by Crippen LogP contribution is -2.35. The molecule has 180 valence electrons.